The van der Waals surface area contributed by atoms with Crippen molar-refractivity contribution in [3.8, 4) is 11.3 Å². The van der Waals surface area contributed by atoms with Crippen molar-refractivity contribution < 1.29 is 19.1 Å². The maximum Gasteiger partial charge on any atom is 0.407 e. The van der Waals surface area contributed by atoms with Gasteiger partial charge in [0, 0.05) is 43.1 Å². The number of imidazole rings is 2. The second-order valence-corrected chi connectivity index (χ2v) is 15.7. The minimum Gasteiger partial charge on any atom is -0.453 e. The molecule has 4 aromatic rings. The first-order valence-corrected chi connectivity index (χ1v) is 19.2. The minimum absolute atomic E-state index is 0.00327. The molecule has 2 aliphatic carbocycles. The Hall–Kier alpha value is -4.74. The highest BCUT2D eigenvalue weighted by Gasteiger charge is 2.41. The van der Waals surface area contributed by atoms with Crippen LogP contribution in [0, 0.1) is 11.3 Å². The van der Waals surface area contributed by atoms with Crippen molar-refractivity contribution >= 4 is 28.3 Å². The van der Waals surface area contributed by atoms with E-state index in [0.29, 0.717) is 38.0 Å². The Morgan fingerprint density at radius 3 is 2.53 bits per heavy atom. The molecule has 2 aromatic heterocycles. The largest absolute Gasteiger partial charge is 0.453 e. The van der Waals surface area contributed by atoms with E-state index in [1.54, 1.807) is 0 Å². The fourth-order valence-electron chi connectivity index (χ4n) is 8.38. The SMILES string of the molecule is CN[C@@H](CC1(C)CC1)c1ncc(C2C=CC(c3ccc4cc(-c5cnc([C@@H]6CCCN6C(=O)[C@@H](NC(=O)OC)C6CCOCC6)[nH]5)ccc4c3)=CC2)[nH]1. The number of nitrogens with zero attached hydrogens (tertiary/aromatic N) is 3. The summed E-state index contributed by atoms with van der Waals surface area (Å²) in [5.41, 5.74) is 6.01. The van der Waals surface area contributed by atoms with Gasteiger partial charge in [-0.15, -0.1) is 0 Å². The molecule has 278 valence electrons. The second kappa shape index (κ2) is 14.9. The molecule has 0 bridgehead atoms. The van der Waals surface area contributed by atoms with Gasteiger partial charge in [-0.25, -0.2) is 14.8 Å². The van der Waals surface area contributed by atoms with E-state index in [2.05, 4.69) is 82.2 Å². The summed E-state index contributed by atoms with van der Waals surface area (Å²) in [5.74, 6) is 2.00. The average Bonchev–Trinajstić information content (AvgIpc) is 3.66. The van der Waals surface area contributed by atoms with Crippen LogP contribution in [-0.2, 0) is 14.3 Å². The Kier molecular flexibility index (Phi) is 9.95. The molecule has 4 heterocycles. The van der Waals surface area contributed by atoms with Gasteiger partial charge in [-0.1, -0.05) is 49.4 Å². The number of rotatable bonds is 11. The topological polar surface area (TPSA) is 137 Å². The van der Waals surface area contributed by atoms with Gasteiger partial charge in [0.2, 0.25) is 5.91 Å². The molecule has 2 amide bonds. The molecule has 11 nitrogen and oxygen atoms in total. The Bertz CT molecular complexity index is 2020. The number of carbonyl (C=O) groups excluding carboxylic acids is 2. The molecule has 4 aliphatic rings. The van der Waals surface area contributed by atoms with Crippen LogP contribution in [-0.4, -0.2) is 76.8 Å². The lowest BCUT2D eigenvalue weighted by molar-refractivity contribution is -0.136. The molecule has 4 atom stereocenters. The number of H-pyrrole nitrogens is 2. The van der Waals surface area contributed by atoms with E-state index in [-0.39, 0.29) is 29.8 Å². The summed E-state index contributed by atoms with van der Waals surface area (Å²) in [7, 11) is 3.35. The van der Waals surface area contributed by atoms with Crippen molar-refractivity contribution in [1.82, 2.24) is 35.5 Å². The highest BCUT2D eigenvalue weighted by atomic mass is 16.5. The molecule has 8 rings (SSSR count). The number of methoxy groups -OCH3 is 1. The quantitative estimate of drug-likeness (QED) is 0.127. The van der Waals surface area contributed by atoms with Crippen LogP contribution in [0.5, 0.6) is 0 Å². The van der Waals surface area contributed by atoms with E-state index in [0.717, 1.165) is 54.0 Å². The predicted octanol–water partition coefficient (Wildman–Crippen LogP) is 7.35. The van der Waals surface area contributed by atoms with Gasteiger partial charge in [-0.3, -0.25) is 4.79 Å². The summed E-state index contributed by atoms with van der Waals surface area (Å²) in [5, 5.41) is 8.62. The van der Waals surface area contributed by atoms with Crippen LogP contribution >= 0.6 is 0 Å². The Labute approximate surface area is 311 Å². The fraction of sp³-hybridized carbons (Fsp3) is 0.476. The number of benzene rings is 2. The van der Waals surface area contributed by atoms with E-state index in [1.807, 2.05) is 24.3 Å². The van der Waals surface area contributed by atoms with E-state index in [4.69, 9.17) is 19.4 Å². The van der Waals surface area contributed by atoms with Crippen molar-refractivity contribution in [1.29, 1.82) is 0 Å². The Morgan fingerprint density at radius 2 is 1.81 bits per heavy atom. The third-order valence-electron chi connectivity index (χ3n) is 12.0. The smallest absolute Gasteiger partial charge is 0.407 e. The maximum atomic E-state index is 14.0. The van der Waals surface area contributed by atoms with Gasteiger partial charge in [-0.05, 0) is 104 Å². The van der Waals surface area contributed by atoms with Crippen LogP contribution in [0.2, 0.25) is 0 Å². The number of alkyl carbamates (subject to hydrolysis) is 1. The number of fused-ring (bicyclic) bond motifs is 1. The van der Waals surface area contributed by atoms with Crippen molar-refractivity contribution in [2.24, 2.45) is 11.3 Å². The molecular formula is C42H51N7O4. The zero-order chi connectivity index (χ0) is 36.5. The number of aromatic amines is 2. The summed E-state index contributed by atoms with van der Waals surface area (Å²) in [6.45, 7) is 4.15. The molecule has 1 saturated carbocycles. The van der Waals surface area contributed by atoms with Crippen LogP contribution in [0.25, 0.3) is 27.6 Å². The first-order chi connectivity index (χ1) is 25.8. The summed E-state index contributed by atoms with van der Waals surface area (Å²) in [6, 6.07) is 12.5. The molecule has 2 aromatic carbocycles. The first-order valence-electron chi connectivity index (χ1n) is 19.2. The molecule has 1 unspecified atom stereocenters. The summed E-state index contributed by atoms with van der Waals surface area (Å²) in [6.07, 6.45) is 17.9. The van der Waals surface area contributed by atoms with Gasteiger partial charge in [0.25, 0.3) is 0 Å². The molecule has 0 spiro atoms. The predicted molar refractivity (Wildman–Crippen MR) is 205 cm³/mol. The average molecular weight is 718 g/mol. The van der Waals surface area contributed by atoms with Gasteiger partial charge in [0.1, 0.15) is 17.7 Å². The fourth-order valence-corrected chi connectivity index (χ4v) is 8.38. The van der Waals surface area contributed by atoms with Crippen molar-refractivity contribution in [3.05, 3.63) is 89.9 Å². The van der Waals surface area contributed by atoms with E-state index >= 15 is 0 Å². The molecule has 11 heteroatoms. The molecule has 3 fully saturated rings. The maximum absolute atomic E-state index is 14.0. The van der Waals surface area contributed by atoms with Crippen LogP contribution in [0.3, 0.4) is 0 Å². The lowest BCUT2D eigenvalue weighted by Crippen LogP contribution is -2.53. The van der Waals surface area contributed by atoms with Crippen LogP contribution < -0.4 is 10.6 Å². The van der Waals surface area contributed by atoms with E-state index in [9.17, 15) is 9.59 Å². The summed E-state index contributed by atoms with van der Waals surface area (Å²) < 4.78 is 10.4. The minimum atomic E-state index is -0.658. The van der Waals surface area contributed by atoms with Crippen LogP contribution in [0.15, 0.2) is 67.0 Å². The normalized spacial score (nSPS) is 22.4. The molecule has 0 radical (unpaired) electrons. The van der Waals surface area contributed by atoms with Crippen molar-refractivity contribution in [2.75, 3.05) is 33.9 Å². The molecule has 2 saturated heterocycles. The number of nitrogens with one attached hydrogen (secondary N) is 4. The van der Waals surface area contributed by atoms with E-state index in [1.165, 1.54) is 42.2 Å². The highest BCUT2D eigenvalue weighted by molar-refractivity contribution is 5.91. The van der Waals surface area contributed by atoms with Crippen LogP contribution in [0.4, 0.5) is 4.79 Å². The number of amides is 2. The van der Waals surface area contributed by atoms with E-state index < -0.39 is 12.1 Å². The summed E-state index contributed by atoms with van der Waals surface area (Å²) >= 11 is 0. The van der Waals surface area contributed by atoms with Gasteiger partial charge in [-0.2, -0.15) is 0 Å². The molecule has 53 heavy (non-hydrogen) atoms. The number of aromatic nitrogens is 4. The Balaban J connectivity index is 0.933. The number of carbonyl (C=O) groups is 2. The molecule has 2 aliphatic heterocycles. The lowest BCUT2D eigenvalue weighted by atomic mass is 9.90. The van der Waals surface area contributed by atoms with Gasteiger partial charge in [0.15, 0.2) is 0 Å². The third-order valence-corrected chi connectivity index (χ3v) is 12.0. The lowest BCUT2D eigenvalue weighted by Gasteiger charge is -2.34. The van der Waals surface area contributed by atoms with Gasteiger partial charge < -0.3 is 35.0 Å². The summed E-state index contributed by atoms with van der Waals surface area (Å²) in [4.78, 5) is 44.8. The number of hydrogen-bond donors (Lipinski definition) is 4. The van der Waals surface area contributed by atoms with Crippen LogP contribution in [0.1, 0.15) is 99.2 Å². The van der Waals surface area contributed by atoms with Gasteiger partial charge >= 0.3 is 6.09 Å². The third kappa shape index (κ3) is 7.55. The van der Waals surface area contributed by atoms with Gasteiger partial charge in [0.05, 0.1) is 31.1 Å². The highest BCUT2D eigenvalue weighted by Crippen LogP contribution is 2.51. The number of allylic oxidation sites excluding steroid dienone is 4. The Morgan fingerprint density at radius 1 is 1.04 bits per heavy atom. The molecular weight excluding hydrogens is 667 g/mol. The molecule has 4 N–H and O–H groups in total. The first kappa shape index (κ1) is 35.3. The number of ether oxygens (including phenoxy) is 2. The zero-order valence-electron chi connectivity index (χ0n) is 31.0. The van der Waals surface area contributed by atoms with Crippen molar-refractivity contribution in [3.63, 3.8) is 0 Å². The standard InChI is InChI=1S/C42H51N7O4/c1-42(16-17-42)23-33(43-2)38-44-24-34(46-38)27-8-6-26(7-9-27)29-10-11-31-22-32(13-12-30(31)21-29)35-25-45-39(47-35)36-5-4-18-49(36)40(50)37(48-41(51)52-3)28-14-19-53-20-15-28/h6-8,10-13,21-22,24-25,27-28,33,36-37,43H,4-5,9,14-20,23H2,1-3H3,(H,44,46)(H,45,47)(H,48,51)/t27?,33-,36-,37-/m0/s1. The monoisotopic (exact) mass is 717 g/mol. The number of likely N-dealkylation sites (tertiary alicyclic amines) is 1. The van der Waals surface area contributed by atoms with Crippen molar-refractivity contribution in [2.45, 2.75) is 82.3 Å². The number of hydrogen-bond acceptors (Lipinski definition) is 7. The zero-order valence-corrected chi connectivity index (χ0v) is 31.0. The second-order valence-electron chi connectivity index (χ2n) is 15.7.